The van der Waals surface area contributed by atoms with Gasteiger partial charge < -0.3 is 4.74 Å². The second-order valence-electron chi connectivity index (χ2n) is 3.38. The van der Waals surface area contributed by atoms with E-state index in [0.29, 0.717) is 0 Å². The van der Waals surface area contributed by atoms with Gasteiger partial charge in [-0.2, -0.15) is 0 Å². The molecule has 10 nitrogen and oxygen atoms in total. The third-order valence-electron chi connectivity index (χ3n) is 2.32. The van der Waals surface area contributed by atoms with Crippen LogP contribution in [0.15, 0.2) is 24.5 Å². The van der Waals surface area contributed by atoms with E-state index in [1.165, 1.54) is 19.5 Å². The van der Waals surface area contributed by atoms with E-state index in [2.05, 4.69) is 10.3 Å². The van der Waals surface area contributed by atoms with E-state index in [-0.39, 0.29) is 11.4 Å². The van der Waals surface area contributed by atoms with Gasteiger partial charge in [-0.25, -0.2) is 4.68 Å². The summed E-state index contributed by atoms with van der Waals surface area (Å²) in [5, 5.41) is 28.9. The molecule has 0 N–H and O–H groups in total. The lowest BCUT2D eigenvalue weighted by Crippen LogP contribution is -2.04. The molecule has 19 heavy (non-hydrogen) atoms. The first kappa shape index (κ1) is 12.4. The number of nitro benzene ring substituents is 2. The van der Waals surface area contributed by atoms with Crippen molar-refractivity contribution in [1.82, 2.24) is 15.0 Å². The lowest BCUT2D eigenvalue weighted by molar-refractivity contribution is -0.394. The molecular formula is C9H7N5O5. The van der Waals surface area contributed by atoms with Crippen LogP contribution in [0.1, 0.15) is 0 Å². The molecule has 2 aromatic rings. The van der Waals surface area contributed by atoms with Crippen LogP contribution in [0.3, 0.4) is 0 Å². The number of benzene rings is 1. The Morgan fingerprint density at radius 1 is 1.26 bits per heavy atom. The van der Waals surface area contributed by atoms with Crippen LogP contribution in [0, 0.1) is 20.2 Å². The van der Waals surface area contributed by atoms with Crippen LogP contribution in [-0.2, 0) is 0 Å². The zero-order valence-corrected chi connectivity index (χ0v) is 9.59. The first-order valence-corrected chi connectivity index (χ1v) is 4.92. The largest absolute Gasteiger partial charge is 0.489 e. The summed E-state index contributed by atoms with van der Waals surface area (Å²) in [7, 11) is 1.23. The Balaban J connectivity index is 2.76. The van der Waals surface area contributed by atoms with Crippen LogP contribution < -0.4 is 4.74 Å². The second kappa shape index (κ2) is 4.68. The summed E-state index contributed by atoms with van der Waals surface area (Å²) in [6.45, 7) is 0. The van der Waals surface area contributed by atoms with E-state index < -0.39 is 21.2 Å². The monoisotopic (exact) mass is 265 g/mol. The van der Waals surface area contributed by atoms with Gasteiger partial charge in [0.2, 0.25) is 5.75 Å². The summed E-state index contributed by atoms with van der Waals surface area (Å²) in [4.78, 5) is 20.2. The third-order valence-corrected chi connectivity index (χ3v) is 2.32. The number of ether oxygens (including phenoxy) is 1. The normalized spacial score (nSPS) is 10.2. The first-order valence-electron chi connectivity index (χ1n) is 4.92. The lowest BCUT2D eigenvalue weighted by Gasteiger charge is -2.08. The molecule has 0 fully saturated rings. The molecule has 0 aliphatic rings. The van der Waals surface area contributed by atoms with Gasteiger partial charge in [0.05, 0.1) is 35.4 Å². The SMILES string of the molecule is COc1c(-n2ccnn2)cc([N+](=O)[O-])cc1[N+](=O)[O-]. The van der Waals surface area contributed by atoms with E-state index in [0.717, 1.165) is 16.8 Å². The highest BCUT2D eigenvalue weighted by molar-refractivity contribution is 5.65. The maximum Gasteiger partial charge on any atom is 0.320 e. The number of methoxy groups -OCH3 is 1. The van der Waals surface area contributed by atoms with Gasteiger partial charge >= 0.3 is 5.69 Å². The summed E-state index contributed by atoms with van der Waals surface area (Å²) in [5.41, 5.74) is -0.874. The van der Waals surface area contributed by atoms with Gasteiger partial charge in [-0.15, -0.1) is 5.10 Å². The highest BCUT2D eigenvalue weighted by atomic mass is 16.6. The lowest BCUT2D eigenvalue weighted by atomic mass is 10.2. The number of aromatic nitrogens is 3. The van der Waals surface area contributed by atoms with Crippen molar-refractivity contribution >= 4 is 11.4 Å². The standard InChI is InChI=1S/C9H7N5O5/c1-19-9-7(12-3-2-10-11-12)4-6(13(15)16)5-8(9)14(17)18/h2-5H,1H3. The average Bonchev–Trinajstić information content (AvgIpc) is 2.90. The van der Waals surface area contributed by atoms with Crippen LogP contribution in [0.5, 0.6) is 5.75 Å². The van der Waals surface area contributed by atoms with Crippen LogP contribution in [-0.4, -0.2) is 32.0 Å². The summed E-state index contributed by atoms with van der Waals surface area (Å²) < 4.78 is 6.10. The van der Waals surface area contributed by atoms with Crippen LogP contribution in [0.4, 0.5) is 11.4 Å². The van der Waals surface area contributed by atoms with E-state index in [1.807, 2.05) is 0 Å². The topological polar surface area (TPSA) is 126 Å². The van der Waals surface area contributed by atoms with Crippen molar-refractivity contribution in [3.05, 3.63) is 44.8 Å². The molecule has 0 spiro atoms. The molecule has 0 aliphatic carbocycles. The van der Waals surface area contributed by atoms with E-state index in [1.54, 1.807) is 0 Å². The Morgan fingerprint density at radius 2 is 2.00 bits per heavy atom. The van der Waals surface area contributed by atoms with Gasteiger partial charge in [0.15, 0.2) is 0 Å². The van der Waals surface area contributed by atoms with Crippen LogP contribution in [0.2, 0.25) is 0 Å². The highest BCUT2D eigenvalue weighted by Gasteiger charge is 2.26. The van der Waals surface area contributed by atoms with Gasteiger partial charge in [-0.05, 0) is 0 Å². The maximum atomic E-state index is 10.9. The molecule has 1 aromatic carbocycles. The smallest absolute Gasteiger partial charge is 0.320 e. The molecule has 0 aliphatic heterocycles. The van der Waals surface area contributed by atoms with Gasteiger partial charge in [0.1, 0.15) is 5.69 Å². The number of hydrogen-bond donors (Lipinski definition) is 0. The van der Waals surface area contributed by atoms with Gasteiger partial charge in [0.25, 0.3) is 5.69 Å². The highest BCUT2D eigenvalue weighted by Crippen LogP contribution is 2.37. The Morgan fingerprint density at radius 3 is 2.47 bits per heavy atom. The van der Waals surface area contributed by atoms with Crippen molar-refractivity contribution in [2.45, 2.75) is 0 Å². The van der Waals surface area contributed by atoms with Crippen LogP contribution in [0.25, 0.3) is 5.69 Å². The molecule has 0 amide bonds. The van der Waals surface area contributed by atoms with Gasteiger partial charge in [-0.1, -0.05) is 5.21 Å². The Hall–Kier alpha value is -3.04. The summed E-state index contributed by atoms with van der Waals surface area (Å²) in [5.74, 6) is -0.124. The minimum absolute atomic E-state index is 0.0703. The summed E-state index contributed by atoms with van der Waals surface area (Å²) in [6.07, 6.45) is 2.73. The Bertz CT molecular complexity index is 639. The fourth-order valence-electron chi connectivity index (χ4n) is 1.54. The number of rotatable bonds is 4. The number of non-ortho nitro benzene ring substituents is 1. The fraction of sp³-hybridized carbons (Fsp3) is 0.111. The molecule has 0 unspecified atom stereocenters. The predicted octanol–water partition coefficient (Wildman–Crippen LogP) is 1.09. The molecule has 1 aromatic heterocycles. The molecular weight excluding hydrogens is 258 g/mol. The predicted molar refractivity (Wildman–Crippen MR) is 61.2 cm³/mol. The van der Waals surface area contributed by atoms with Crippen molar-refractivity contribution in [2.24, 2.45) is 0 Å². The van der Waals surface area contributed by atoms with Crippen molar-refractivity contribution in [1.29, 1.82) is 0 Å². The molecule has 10 heteroatoms. The van der Waals surface area contributed by atoms with Gasteiger partial charge in [0, 0.05) is 6.07 Å². The molecule has 0 bridgehead atoms. The maximum absolute atomic E-state index is 10.9. The number of nitrogens with zero attached hydrogens (tertiary/aromatic N) is 5. The molecule has 2 rings (SSSR count). The quantitative estimate of drug-likeness (QED) is 0.598. The molecule has 0 saturated carbocycles. The Kier molecular flexibility index (Phi) is 3.06. The molecule has 0 radical (unpaired) electrons. The zero-order valence-electron chi connectivity index (χ0n) is 9.59. The fourth-order valence-corrected chi connectivity index (χ4v) is 1.54. The minimum Gasteiger partial charge on any atom is -0.489 e. The Labute approximate surface area is 105 Å². The first-order chi connectivity index (χ1) is 9.04. The van der Waals surface area contributed by atoms with E-state index in [4.69, 9.17) is 4.74 Å². The van der Waals surface area contributed by atoms with E-state index >= 15 is 0 Å². The number of nitro groups is 2. The number of hydrogen-bond acceptors (Lipinski definition) is 7. The molecule has 0 saturated heterocycles. The zero-order chi connectivity index (χ0) is 14.0. The van der Waals surface area contributed by atoms with Crippen molar-refractivity contribution in [2.75, 3.05) is 7.11 Å². The van der Waals surface area contributed by atoms with Crippen LogP contribution >= 0.6 is 0 Å². The van der Waals surface area contributed by atoms with Gasteiger partial charge in [-0.3, -0.25) is 20.2 Å². The third kappa shape index (κ3) is 2.18. The summed E-state index contributed by atoms with van der Waals surface area (Å²) >= 11 is 0. The molecule has 0 atom stereocenters. The van der Waals surface area contributed by atoms with Crippen molar-refractivity contribution in [3.63, 3.8) is 0 Å². The minimum atomic E-state index is -0.758. The molecule has 1 heterocycles. The summed E-state index contributed by atoms with van der Waals surface area (Å²) in [6, 6.07) is 1.96. The molecule has 98 valence electrons. The average molecular weight is 265 g/mol. The van der Waals surface area contributed by atoms with Crippen molar-refractivity contribution in [3.8, 4) is 11.4 Å². The second-order valence-corrected chi connectivity index (χ2v) is 3.38. The van der Waals surface area contributed by atoms with Crippen molar-refractivity contribution < 1.29 is 14.6 Å². The van der Waals surface area contributed by atoms with E-state index in [9.17, 15) is 20.2 Å².